The van der Waals surface area contributed by atoms with E-state index in [0.29, 0.717) is 41.9 Å². The smallest absolute Gasteiger partial charge is 0.305 e. The van der Waals surface area contributed by atoms with Crippen LogP contribution in [0.25, 0.3) is 0 Å². The zero-order valence-corrected chi connectivity index (χ0v) is 20.8. The summed E-state index contributed by atoms with van der Waals surface area (Å²) in [5, 5.41) is 11.6. The van der Waals surface area contributed by atoms with Gasteiger partial charge >= 0.3 is 11.9 Å². The first-order chi connectivity index (χ1) is 15.1. The van der Waals surface area contributed by atoms with Crippen molar-refractivity contribution in [2.75, 3.05) is 7.11 Å². The summed E-state index contributed by atoms with van der Waals surface area (Å²) in [5.74, 6) is 3.02. The number of hydrogen-bond donors (Lipinski definition) is 1. The SMILES string of the molecule is COC(=O)CC[C@@H](C)C1CC[C@H]2[C@@H]3CC[C@@H]4C[C@H](OC(C)=O)CC[C@]4(C)C3C[C@H](O)[C@]12C. The van der Waals surface area contributed by atoms with Crippen LogP contribution in [0.1, 0.15) is 91.9 Å². The van der Waals surface area contributed by atoms with E-state index in [9.17, 15) is 14.7 Å². The molecule has 5 nitrogen and oxygen atoms in total. The van der Waals surface area contributed by atoms with Crippen LogP contribution in [-0.2, 0) is 19.1 Å². The molecule has 0 aromatic heterocycles. The minimum atomic E-state index is -0.274. The lowest BCUT2D eigenvalue weighted by Crippen LogP contribution is -2.59. The van der Waals surface area contributed by atoms with Crippen LogP contribution >= 0.6 is 0 Å². The van der Waals surface area contributed by atoms with Gasteiger partial charge in [-0.2, -0.15) is 0 Å². The predicted molar refractivity (Wildman–Crippen MR) is 123 cm³/mol. The van der Waals surface area contributed by atoms with E-state index in [-0.39, 0.29) is 35.0 Å². The fraction of sp³-hybridized carbons (Fsp3) is 0.926. The van der Waals surface area contributed by atoms with Gasteiger partial charge in [-0.1, -0.05) is 20.8 Å². The van der Waals surface area contributed by atoms with Gasteiger partial charge in [-0.05, 0) is 104 Å². The molecule has 4 saturated carbocycles. The van der Waals surface area contributed by atoms with Crippen molar-refractivity contribution in [2.45, 2.75) is 104 Å². The number of hydrogen-bond acceptors (Lipinski definition) is 5. The van der Waals surface area contributed by atoms with Gasteiger partial charge < -0.3 is 14.6 Å². The van der Waals surface area contributed by atoms with E-state index >= 15 is 0 Å². The number of methoxy groups -OCH3 is 1. The Morgan fingerprint density at radius 2 is 1.81 bits per heavy atom. The molecule has 4 aliphatic carbocycles. The summed E-state index contributed by atoms with van der Waals surface area (Å²) in [6.07, 6.45) is 9.92. The Hall–Kier alpha value is -1.10. The zero-order chi connectivity index (χ0) is 23.3. The first-order valence-corrected chi connectivity index (χ1v) is 13.0. The van der Waals surface area contributed by atoms with Gasteiger partial charge in [0.2, 0.25) is 0 Å². The second kappa shape index (κ2) is 8.92. The molecule has 4 fully saturated rings. The standard InChI is InChI=1S/C27H44O5/c1-16(6-11-25(30)31-5)21-9-10-22-20-8-7-18-14-19(32-17(2)28)12-13-26(18,3)23(20)15-24(29)27(21,22)4/h16,18-24,29H,6-15H2,1-5H3/t16-,18-,19-,20+,21?,22+,23?,24+,26+,27-/m1/s1. The van der Waals surface area contributed by atoms with Gasteiger partial charge in [0.05, 0.1) is 13.2 Å². The van der Waals surface area contributed by atoms with Crippen LogP contribution in [0.4, 0.5) is 0 Å². The number of esters is 2. The number of fused-ring (bicyclic) bond motifs is 5. The second-order valence-corrected chi connectivity index (χ2v) is 12.1. The predicted octanol–water partition coefficient (Wildman–Crippen LogP) is 5.14. The molecule has 0 aromatic carbocycles. The van der Waals surface area contributed by atoms with E-state index in [1.54, 1.807) is 0 Å². The number of aliphatic hydroxyl groups excluding tert-OH is 1. The molecule has 10 atom stereocenters. The van der Waals surface area contributed by atoms with Crippen LogP contribution in [0.2, 0.25) is 0 Å². The van der Waals surface area contributed by atoms with E-state index in [1.165, 1.54) is 39.7 Å². The van der Waals surface area contributed by atoms with Gasteiger partial charge in [0, 0.05) is 13.3 Å². The van der Waals surface area contributed by atoms with E-state index in [1.807, 2.05) is 0 Å². The molecule has 32 heavy (non-hydrogen) atoms. The van der Waals surface area contributed by atoms with Gasteiger partial charge in [-0.3, -0.25) is 9.59 Å². The third kappa shape index (κ3) is 3.91. The molecule has 0 aromatic rings. The van der Waals surface area contributed by atoms with Gasteiger partial charge in [-0.25, -0.2) is 0 Å². The Balaban J connectivity index is 1.50. The highest BCUT2D eigenvalue weighted by Crippen LogP contribution is 2.68. The summed E-state index contributed by atoms with van der Waals surface area (Å²) in [5.41, 5.74) is 0.200. The fourth-order valence-electron chi connectivity index (χ4n) is 9.13. The van der Waals surface area contributed by atoms with Crippen molar-refractivity contribution < 1.29 is 24.2 Å². The lowest BCUT2D eigenvalue weighted by molar-refractivity contribution is -0.181. The van der Waals surface area contributed by atoms with E-state index in [0.717, 1.165) is 32.1 Å². The van der Waals surface area contributed by atoms with Crippen molar-refractivity contribution in [1.29, 1.82) is 0 Å². The van der Waals surface area contributed by atoms with Crippen LogP contribution in [0.5, 0.6) is 0 Å². The van der Waals surface area contributed by atoms with Crippen molar-refractivity contribution in [2.24, 2.45) is 46.3 Å². The molecule has 0 amide bonds. The normalized spacial score (nSPS) is 46.4. The Bertz CT molecular complexity index is 721. The molecule has 0 aliphatic heterocycles. The van der Waals surface area contributed by atoms with Crippen LogP contribution < -0.4 is 0 Å². The summed E-state index contributed by atoms with van der Waals surface area (Å²) in [7, 11) is 1.46. The summed E-state index contributed by atoms with van der Waals surface area (Å²) < 4.78 is 10.5. The van der Waals surface area contributed by atoms with E-state index < -0.39 is 0 Å². The molecule has 0 bridgehead atoms. The number of rotatable bonds is 5. The lowest BCUT2D eigenvalue weighted by Gasteiger charge is -2.62. The van der Waals surface area contributed by atoms with E-state index in [4.69, 9.17) is 9.47 Å². The minimum Gasteiger partial charge on any atom is -0.469 e. The Morgan fingerprint density at radius 1 is 1.06 bits per heavy atom. The zero-order valence-electron chi connectivity index (χ0n) is 20.8. The molecule has 182 valence electrons. The monoisotopic (exact) mass is 448 g/mol. The van der Waals surface area contributed by atoms with Crippen LogP contribution in [-0.4, -0.2) is 36.4 Å². The van der Waals surface area contributed by atoms with E-state index in [2.05, 4.69) is 20.8 Å². The van der Waals surface area contributed by atoms with Crippen LogP contribution in [0.15, 0.2) is 0 Å². The van der Waals surface area contributed by atoms with Crippen LogP contribution in [0, 0.1) is 46.3 Å². The third-order valence-corrected chi connectivity index (χ3v) is 10.8. The number of carbonyl (C=O) groups is 2. The molecule has 0 heterocycles. The largest absolute Gasteiger partial charge is 0.469 e. The maximum atomic E-state index is 11.7. The Morgan fingerprint density at radius 3 is 2.50 bits per heavy atom. The molecule has 4 aliphatic rings. The fourth-order valence-corrected chi connectivity index (χ4v) is 9.13. The quantitative estimate of drug-likeness (QED) is 0.590. The van der Waals surface area contributed by atoms with Crippen molar-refractivity contribution in [3.05, 3.63) is 0 Å². The molecular formula is C27H44O5. The summed E-state index contributed by atoms with van der Waals surface area (Å²) >= 11 is 0. The summed E-state index contributed by atoms with van der Waals surface area (Å²) in [6.45, 7) is 8.62. The molecule has 5 heteroatoms. The maximum absolute atomic E-state index is 11.7. The van der Waals surface area contributed by atoms with Crippen molar-refractivity contribution in [1.82, 2.24) is 0 Å². The number of aliphatic hydroxyl groups is 1. The van der Waals surface area contributed by atoms with Crippen molar-refractivity contribution >= 4 is 11.9 Å². The van der Waals surface area contributed by atoms with Crippen LogP contribution in [0.3, 0.4) is 0 Å². The molecule has 4 rings (SSSR count). The molecule has 0 spiro atoms. The number of carbonyl (C=O) groups excluding carboxylic acids is 2. The molecular weight excluding hydrogens is 404 g/mol. The van der Waals surface area contributed by atoms with Crippen molar-refractivity contribution in [3.63, 3.8) is 0 Å². The highest BCUT2D eigenvalue weighted by molar-refractivity contribution is 5.69. The first-order valence-electron chi connectivity index (χ1n) is 13.0. The Labute approximate surface area is 194 Å². The van der Waals surface area contributed by atoms with Gasteiger partial charge in [0.1, 0.15) is 6.10 Å². The number of ether oxygens (including phenoxy) is 2. The van der Waals surface area contributed by atoms with Gasteiger partial charge in [-0.15, -0.1) is 0 Å². The molecule has 0 radical (unpaired) electrons. The first kappa shape index (κ1) is 24.0. The summed E-state index contributed by atoms with van der Waals surface area (Å²) in [6, 6.07) is 0. The average Bonchev–Trinajstić information content (AvgIpc) is 3.11. The summed E-state index contributed by atoms with van der Waals surface area (Å²) in [4.78, 5) is 23.2. The second-order valence-electron chi connectivity index (χ2n) is 12.1. The highest BCUT2D eigenvalue weighted by Gasteiger charge is 2.63. The maximum Gasteiger partial charge on any atom is 0.305 e. The van der Waals surface area contributed by atoms with Gasteiger partial charge in [0.15, 0.2) is 0 Å². The van der Waals surface area contributed by atoms with Gasteiger partial charge in [0.25, 0.3) is 0 Å². The van der Waals surface area contributed by atoms with Crippen molar-refractivity contribution in [3.8, 4) is 0 Å². The topological polar surface area (TPSA) is 72.8 Å². The highest BCUT2D eigenvalue weighted by atomic mass is 16.5. The Kier molecular flexibility index (Phi) is 6.70. The molecule has 1 N–H and O–H groups in total. The molecule has 2 unspecified atom stereocenters. The average molecular weight is 449 g/mol. The minimum absolute atomic E-state index is 0.0468. The lowest BCUT2D eigenvalue weighted by atomic mass is 9.43. The third-order valence-electron chi connectivity index (χ3n) is 10.8. The molecule has 0 saturated heterocycles.